The molecule has 0 spiro atoms. The molecule has 0 heterocycles. The van der Waals surface area contributed by atoms with Gasteiger partial charge in [0.2, 0.25) is 5.91 Å². The van der Waals surface area contributed by atoms with Crippen LogP contribution in [0.5, 0.6) is 0 Å². The van der Waals surface area contributed by atoms with E-state index in [4.69, 9.17) is 11.6 Å². The Labute approximate surface area is 159 Å². The average Bonchev–Trinajstić information content (AvgIpc) is 3.40. The van der Waals surface area contributed by atoms with Gasteiger partial charge in [-0.3, -0.25) is 9.59 Å². The molecule has 1 fully saturated rings. The number of halogens is 3. The first kappa shape index (κ1) is 17.9. The van der Waals surface area contributed by atoms with E-state index in [-0.39, 0.29) is 16.8 Å². The van der Waals surface area contributed by atoms with Crippen molar-refractivity contribution < 1.29 is 18.4 Å². The molecule has 2 aromatic carbocycles. The topological polar surface area (TPSA) is 58.2 Å². The standard InChI is InChI=1S/C20H17ClF2N2O2/c21-14-9-11(3-6-15(14)22)24-20(27)13-4-7-16(23)18-12(13)5-8-17(18)25-19(26)10-1-2-10/h3-4,6-7,9-10,17H,1-2,5,8H2,(H,24,27)(H,25,26)/t17-/m0/s1. The Balaban J connectivity index is 1.58. The highest BCUT2D eigenvalue weighted by Gasteiger charge is 2.35. The molecule has 2 aliphatic rings. The molecule has 27 heavy (non-hydrogen) atoms. The molecule has 1 saturated carbocycles. The minimum atomic E-state index is -0.577. The minimum Gasteiger partial charge on any atom is -0.349 e. The van der Waals surface area contributed by atoms with Crippen LogP contribution in [-0.2, 0) is 11.2 Å². The Morgan fingerprint density at radius 3 is 2.48 bits per heavy atom. The van der Waals surface area contributed by atoms with Crippen molar-refractivity contribution in [3.63, 3.8) is 0 Å². The maximum Gasteiger partial charge on any atom is 0.255 e. The summed E-state index contributed by atoms with van der Waals surface area (Å²) in [5.74, 6) is -1.45. The van der Waals surface area contributed by atoms with Gasteiger partial charge in [0.15, 0.2) is 0 Å². The van der Waals surface area contributed by atoms with E-state index in [2.05, 4.69) is 10.6 Å². The highest BCUT2D eigenvalue weighted by Crippen LogP contribution is 2.37. The molecule has 1 atom stereocenters. The fraction of sp³-hybridized carbons (Fsp3) is 0.300. The Kier molecular flexibility index (Phi) is 4.60. The first-order chi connectivity index (χ1) is 12.9. The molecular formula is C20H17ClF2N2O2. The molecule has 0 aromatic heterocycles. The van der Waals surface area contributed by atoms with Crippen LogP contribution < -0.4 is 10.6 Å². The lowest BCUT2D eigenvalue weighted by Crippen LogP contribution is -2.29. The van der Waals surface area contributed by atoms with Crippen LogP contribution in [0, 0.1) is 17.6 Å². The lowest BCUT2D eigenvalue weighted by Gasteiger charge is -2.16. The van der Waals surface area contributed by atoms with Crippen LogP contribution in [0.25, 0.3) is 0 Å². The Hall–Kier alpha value is -2.47. The summed E-state index contributed by atoms with van der Waals surface area (Å²) in [6, 6.07) is 6.14. The molecule has 0 unspecified atom stereocenters. The van der Waals surface area contributed by atoms with Crippen molar-refractivity contribution in [2.45, 2.75) is 31.7 Å². The molecule has 4 nitrogen and oxygen atoms in total. The third-order valence-electron chi connectivity index (χ3n) is 5.02. The molecule has 0 bridgehead atoms. The van der Waals surface area contributed by atoms with Crippen molar-refractivity contribution in [3.05, 3.63) is 63.7 Å². The molecule has 7 heteroatoms. The molecule has 2 N–H and O–H groups in total. The molecule has 0 radical (unpaired) electrons. The second-order valence-corrected chi connectivity index (χ2v) is 7.35. The van der Waals surface area contributed by atoms with Gasteiger partial charge in [0.25, 0.3) is 5.91 Å². The van der Waals surface area contributed by atoms with Gasteiger partial charge in [-0.25, -0.2) is 8.78 Å². The number of hydrogen-bond acceptors (Lipinski definition) is 2. The van der Waals surface area contributed by atoms with Crippen LogP contribution in [0.1, 0.15) is 46.8 Å². The number of fused-ring (bicyclic) bond motifs is 1. The maximum absolute atomic E-state index is 14.4. The Bertz CT molecular complexity index is 944. The lowest BCUT2D eigenvalue weighted by molar-refractivity contribution is -0.123. The maximum atomic E-state index is 14.4. The normalized spacial score (nSPS) is 18.1. The van der Waals surface area contributed by atoms with E-state index in [1.54, 1.807) is 0 Å². The summed E-state index contributed by atoms with van der Waals surface area (Å²) in [5, 5.41) is 5.46. The van der Waals surface area contributed by atoms with E-state index in [9.17, 15) is 18.4 Å². The summed E-state index contributed by atoms with van der Waals surface area (Å²) in [6.07, 6.45) is 2.79. The van der Waals surface area contributed by atoms with Crippen LogP contribution in [0.15, 0.2) is 30.3 Å². The number of anilines is 1. The Morgan fingerprint density at radius 2 is 1.78 bits per heavy atom. The number of rotatable bonds is 4. The summed E-state index contributed by atoms with van der Waals surface area (Å²) in [6.45, 7) is 0. The van der Waals surface area contributed by atoms with Crippen LogP contribution >= 0.6 is 11.6 Å². The zero-order valence-electron chi connectivity index (χ0n) is 14.3. The predicted molar refractivity (Wildman–Crippen MR) is 97.7 cm³/mol. The third-order valence-corrected chi connectivity index (χ3v) is 5.31. The zero-order chi connectivity index (χ0) is 19.1. The van der Waals surface area contributed by atoms with Gasteiger partial charge in [0.1, 0.15) is 11.6 Å². The first-order valence-electron chi connectivity index (χ1n) is 8.82. The van der Waals surface area contributed by atoms with Gasteiger partial charge in [0, 0.05) is 22.7 Å². The molecule has 0 aliphatic heterocycles. The van der Waals surface area contributed by atoms with E-state index in [0.29, 0.717) is 35.2 Å². The van der Waals surface area contributed by atoms with Gasteiger partial charge < -0.3 is 10.6 Å². The molecule has 4 rings (SSSR count). The number of carbonyl (C=O) groups is 2. The van der Waals surface area contributed by atoms with E-state index in [1.807, 2.05) is 0 Å². The summed E-state index contributed by atoms with van der Waals surface area (Å²) in [5.41, 5.74) is 1.67. The molecule has 0 saturated heterocycles. The summed E-state index contributed by atoms with van der Waals surface area (Å²) >= 11 is 5.74. The van der Waals surface area contributed by atoms with E-state index in [0.717, 1.165) is 18.9 Å². The highest BCUT2D eigenvalue weighted by atomic mass is 35.5. The molecule has 2 aromatic rings. The molecular weight excluding hydrogens is 374 g/mol. The van der Waals surface area contributed by atoms with Crippen molar-refractivity contribution in [1.29, 1.82) is 0 Å². The smallest absolute Gasteiger partial charge is 0.255 e. The second-order valence-electron chi connectivity index (χ2n) is 6.94. The van der Waals surface area contributed by atoms with Crippen molar-refractivity contribution in [1.82, 2.24) is 5.32 Å². The summed E-state index contributed by atoms with van der Waals surface area (Å²) in [4.78, 5) is 24.7. The van der Waals surface area contributed by atoms with Gasteiger partial charge in [-0.15, -0.1) is 0 Å². The van der Waals surface area contributed by atoms with E-state index < -0.39 is 23.6 Å². The summed E-state index contributed by atoms with van der Waals surface area (Å²) in [7, 11) is 0. The minimum absolute atomic E-state index is 0.0341. The van der Waals surface area contributed by atoms with Crippen molar-refractivity contribution >= 4 is 29.1 Å². The van der Waals surface area contributed by atoms with Crippen LogP contribution in [0.4, 0.5) is 14.5 Å². The molecule has 140 valence electrons. The van der Waals surface area contributed by atoms with Crippen molar-refractivity contribution in [2.24, 2.45) is 5.92 Å². The predicted octanol–water partition coefficient (Wildman–Crippen LogP) is 4.38. The van der Waals surface area contributed by atoms with E-state index >= 15 is 0 Å². The van der Waals surface area contributed by atoms with Gasteiger partial charge in [-0.2, -0.15) is 0 Å². The van der Waals surface area contributed by atoms with Gasteiger partial charge in [0.05, 0.1) is 11.1 Å². The lowest BCUT2D eigenvalue weighted by atomic mass is 10.0. The van der Waals surface area contributed by atoms with Gasteiger partial charge >= 0.3 is 0 Å². The largest absolute Gasteiger partial charge is 0.349 e. The number of hydrogen-bond donors (Lipinski definition) is 2. The molecule has 2 amide bonds. The highest BCUT2D eigenvalue weighted by molar-refractivity contribution is 6.31. The van der Waals surface area contributed by atoms with E-state index in [1.165, 1.54) is 24.3 Å². The first-order valence-corrected chi connectivity index (χ1v) is 9.20. The number of amides is 2. The van der Waals surface area contributed by atoms with Crippen LogP contribution in [0.2, 0.25) is 5.02 Å². The SMILES string of the molecule is O=C(Nc1ccc(F)c(Cl)c1)c1ccc(F)c2c1CC[C@@H]2NC(=O)C1CC1. The van der Waals surface area contributed by atoms with Gasteiger partial charge in [-0.1, -0.05) is 11.6 Å². The van der Waals surface area contributed by atoms with Crippen molar-refractivity contribution in [2.75, 3.05) is 5.32 Å². The van der Waals surface area contributed by atoms with Crippen LogP contribution in [0.3, 0.4) is 0 Å². The quantitative estimate of drug-likeness (QED) is 0.813. The zero-order valence-corrected chi connectivity index (χ0v) is 15.1. The number of nitrogens with one attached hydrogen (secondary N) is 2. The fourth-order valence-corrected chi connectivity index (χ4v) is 3.66. The molecule has 2 aliphatic carbocycles. The average molecular weight is 391 g/mol. The Morgan fingerprint density at radius 1 is 1.04 bits per heavy atom. The van der Waals surface area contributed by atoms with Crippen LogP contribution in [-0.4, -0.2) is 11.8 Å². The fourth-order valence-electron chi connectivity index (χ4n) is 3.48. The van der Waals surface area contributed by atoms with Crippen molar-refractivity contribution in [3.8, 4) is 0 Å². The monoisotopic (exact) mass is 390 g/mol. The number of carbonyl (C=O) groups excluding carboxylic acids is 2. The number of benzene rings is 2. The van der Waals surface area contributed by atoms with Gasteiger partial charge in [-0.05, 0) is 61.6 Å². The second kappa shape index (κ2) is 6.93. The third kappa shape index (κ3) is 3.54. The summed E-state index contributed by atoms with van der Waals surface area (Å²) < 4.78 is 27.7.